The molecule has 1 aromatic heterocycles. The maximum atomic E-state index is 12.0. The summed E-state index contributed by atoms with van der Waals surface area (Å²) in [5.41, 5.74) is 5.80. The van der Waals surface area contributed by atoms with E-state index in [9.17, 15) is 9.59 Å². The van der Waals surface area contributed by atoms with Gasteiger partial charge in [-0.25, -0.2) is 0 Å². The summed E-state index contributed by atoms with van der Waals surface area (Å²) in [7, 11) is 0. The molecular formula is C13H21N3O2. The lowest BCUT2D eigenvalue weighted by molar-refractivity contribution is 0.0927. The van der Waals surface area contributed by atoms with Crippen LogP contribution >= 0.6 is 0 Å². The minimum absolute atomic E-state index is 0. The Morgan fingerprint density at radius 2 is 1.89 bits per heavy atom. The third kappa shape index (κ3) is 3.06. The minimum Gasteiger partial charge on any atom is -0.366 e. The van der Waals surface area contributed by atoms with Crippen LogP contribution < -0.4 is 11.1 Å². The SMILES string of the molecule is NC(=O)c1cncc(C(=O)NC2CCCCC2)c1.[HH].[HH]. The smallest absolute Gasteiger partial charge is 0.253 e. The molecule has 2 rings (SSSR count). The molecule has 3 N–H and O–H groups in total. The van der Waals surface area contributed by atoms with Crippen LogP contribution in [0.4, 0.5) is 0 Å². The van der Waals surface area contributed by atoms with Gasteiger partial charge in [-0.1, -0.05) is 19.3 Å². The van der Waals surface area contributed by atoms with E-state index in [1.54, 1.807) is 0 Å². The van der Waals surface area contributed by atoms with Gasteiger partial charge in [0, 0.05) is 21.3 Å². The zero-order valence-corrected chi connectivity index (χ0v) is 10.2. The number of pyridine rings is 1. The summed E-state index contributed by atoms with van der Waals surface area (Å²) in [5.74, 6) is -0.757. The van der Waals surface area contributed by atoms with Gasteiger partial charge in [-0.2, -0.15) is 0 Å². The van der Waals surface area contributed by atoms with E-state index in [2.05, 4.69) is 10.3 Å². The highest BCUT2D eigenvalue weighted by Gasteiger charge is 2.17. The largest absolute Gasteiger partial charge is 0.366 e. The van der Waals surface area contributed by atoms with Crippen LogP contribution in [0.25, 0.3) is 0 Å². The van der Waals surface area contributed by atoms with Gasteiger partial charge >= 0.3 is 0 Å². The molecule has 0 radical (unpaired) electrons. The number of hydrogen-bond acceptors (Lipinski definition) is 3. The van der Waals surface area contributed by atoms with Crippen molar-refractivity contribution in [1.29, 1.82) is 0 Å². The van der Waals surface area contributed by atoms with Crippen molar-refractivity contribution < 1.29 is 12.4 Å². The van der Waals surface area contributed by atoms with E-state index in [0.29, 0.717) is 5.56 Å². The molecule has 2 amide bonds. The van der Waals surface area contributed by atoms with E-state index < -0.39 is 5.91 Å². The summed E-state index contributed by atoms with van der Waals surface area (Å²) in [6, 6.07) is 1.72. The van der Waals surface area contributed by atoms with Gasteiger partial charge < -0.3 is 11.1 Å². The van der Waals surface area contributed by atoms with Crippen molar-refractivity contribution in [2.75, 3.05) is 0 Å². The molecule has 100 valence electrons. The Balaban J connectivity index is 0.00000180. The predicted octanol–water partition coefficient (Wildman–Crippen LogP) is 1.73. The third-order valence-electron chi connectivity index (χ3n) is 3.23. The molecule has 5 nitrogen and oxygen atoms in total. The van der Waals surface area contributed by atoms with Gasteiger partial charge in [0.15, 0.2) is 0 Å². The van der Waals surface area contributed by atoms with Crippen LogP contribution in [0, 0.1) is 0 Å². The Labute approximate surface area is 109 Å². The zero-order chi connectivity index (χ0) is 13.0. The summed E-state index contributed by atoms with van der Waals surface area (Å²) in [6.45, 7) is 0. The third-order valence-corrected chi connectivity index (χ3v) is 3.23. The van der Waals surface area contributed by atoms with E-state index in [4.69, 9.17) is 5.73 Å². The Bertz CT molecular complexity index is 463. The highest BCUT2D eigenvalue weighted by atomic mass is 16.2. The number of primary amides is 1. The number of aromatic nitrogens is 1. The van der Waals surface area contributed by atoms with Crippen LogP contribution in [0.3, 0.4) is 0 Å². The molecule has 1 saturated carbocycles. The molecule has 18 heavy (non-hydrogen) atoms. The molecule has 0 aliphatic heterocycles. The Morgan fingerprint density at radius 1 is 1.22 bits per heavy atom. The quantitative estimate of drug-likeness (QED) is 0.858. The molecule has 0 bridgehead atoms. The highest BCUT2D eigenvalue weighted by Crippen LogP contribution is 2.17. The number of nitrogens with one attached hydrogen (secondary N) is 1. The van der Waals surface area contributed by atoms with Crippen LogP contribution in [-0.4, -0.2) is 22.8 Å². The summed E-state index contributed by atoms with van der Waals surface area (Å²) >= 11 is 0. The van der Waals surface area contributed by atoms with Crippen LogP contribution in [-0.2, 0) is 0 Å². The van der Waals surface area contributed by atoms with E-state index >= 15 is 0 Å². The monoisotopic (exact) mass is 251 g/mol. The van der Waals surface area contributed by atoms with Gasteiger partial charge in [0.05, 0.1) is 11.1 Å². The first kappa shape index (κ1) is 12.5. The molecule has 0 atom stereocenters. The van der Waals surface area contributed by atoms with Crippen LogP contribution in [0.1, 0.15) is 55.7 Å². The molecule has 0 aromatic carbocycles. The van der Waals surface area contributed by atoms with Gasteiger partial charge in [-0.3, -0.25) is 14.6 Å². The van der Waals surface area contributed by atoms with Gasteiger partial charge in [-0.15, -0.1) is 0 Å². The van der Waals surface area contributed by atoms with Crippen LogP contribution in [0.15, 0.2) is 18.5 Å². The maximum absolute atomic E-state index is 12.0. The van der Waals surface area contributed by atoms with E-state index in [1.165, 1.54) is 24.9 Å². The molecular weight excluding hydrogens is 230 g/mol. The molecule has 1 aliphatic rings. The van der Waals surface area contributed by atoms with Crippen LogP contribution in [0.2, 0.25) is 0 Å². The van der Waals surface area contributed by atoms with Gasteiger partial charge in [0.25, 0.3) is 5.91 Å². The molecule has 0 saturated heterocycles. The van der Waals surface area contributed by atoms with E-state index in [0.717, 1.165) is 25.7 Å². The first-order chi connectivity index (χ1) is 8.66. The summed E-state index contributed by atoms with van der Waals surface area (Å²) in [5, 5.41) is 2.97. The number of rotatable bonds is 3. The lowest BCUT2D eigenvalue weighted by Gasteiger charge is -2.22. The average molecular weight is 251 g/mol. The lowest BCUT2D eigenvalue weighted by Crippen LogP contribution is -2.36. The van der Waals surface area contributed by atoms with Gasteiger partial charge in [0.1, 0.15) is 0 Å². The predicted molar refractivity (Wildman–Crippen MR) is 71.3 cm³/mol. The first-order valence-corrected chi connectivity index (χ1v) is 6.22. The maximum Gasteiger partial charge on any atom is 0.253 e. The number of hydrogen-bond donors (Lipinski definition) is 2. The number of carbonyl (C=O) groups is 2. The second kappa shape index (κ2) is 5.62. The molecule has 0 spiro atoms. The first-order valence-electron chi connectivity index (χ1n) is 6.22. The lowest BCUT2D eigenvalue weighted by atomic mass is 9.95. The molecule has 1 aliphatic carbocycles. The Morgan fingerprint density at radius 3 is 2.56 bits per heavy atom. The summed E-state index contributed by atoms with van der Waals surface area (Å²) in [4.78, 5) is 26.9. The van der Waals surface area contributed by atoms with E-state index in [-0.39, 0.29) is 20.4 Å². The number of carbonyl (C=O) groups excluding carboxylic acids is 2. The summed E-state index contributed by atoms with van der Waals surface area (Å²) < 4.78 is 0. The normalized spacial score (nSPS) is 16.2. The van der Waals surface area contributed by atoms with Crippen molar-refractivity contribution in [1.82, 2.24) is 10.3 Å². The average Bonchev–Trinajstić information content (AvgIpc) is 2.40. The fraction of sp³-hybridized carbons (Fsp3) is 0.462. The Hall–Kier alpha value is -1.91. The minimum atomic E-state index is -0.574. The Kier molecular flexibility index (Phi) is 3.92. The van der Waals surface area contributed by atoms with Gasteiger partial charge in [0.2, 0.25) is 5.91 Å². The van der Waals surface area contributed by atoms with Crippen molar-refractivity contribution >= 4 is 11.8 Å². The molecule has 1 fully saturated rings. The van der Waals surface area contributed by atoms with Crippen molar-refractivity contribution in [3.63, 3.8) is 0 Å². The second-order valence-electron chi connectivity index (χ2n) is 4.63. The van der Waals surface area contributed by atoms with Crippen molar-refractivity contribution in [3.05, 3.63) is 29.6 Å². The number of amides is 2. The van der Waals surface area contributed by atoms with Gasteiger partial charge in [-0.05, 0) is 18.9 Å². The zero-order valence-electron chi connectivity index (χ0n) is 10.2. The van der Waals surface area contributed by atoms with Crippen molar-refractivity contribution in [2.24, 2.45) is 5.73 Å². The highest BCUT2D eigenvalue weighted by molar-refractivity contribution is 5.98. The second-order valence-corrected chi connectivity index (χ2v) is 4.63. The van der Waals surface area contributed by atoms with Crippen molar-refractivity contribution in [2.45, 2.75) is 38.1 Å². The molecule has 5 heteroatoms. The van der Waals surface area contributed by atoms with E-state index in [1.807, 2.05) is 0 Å². The molecule has 0 unspecified atom stereocenters. The fourth-order valence-corrected chi connectivity index (χ4v) is 2.21. The summed E-state index contributed by atoms with van der Waals surface area (Å²) in [6.07, 6.45) is 8.41. The molecule has 1 aromatic rings. The van der Waals surface area contributed by atoms with Crippen molar-refractivity contribution in [3.8, 4) is 0 Å². The topological polar surface area (TPSA) is 85.1 Å². The van der Waals surface area contributed by atoms with Crippen LogP contribution in [0.5, 0.6) is 0 Å². The number of nitrogens with zero attached hydrogens (tertiary/aromatic N) is 1. The molecule has 1 heterocycles. The fourth-order valence-electron chi connectivity index (χ4n) is 2.21. The standard InChI is InChI=1S/C13H17N3O2.2H2/c14-12(17)9-6-10(8-15-7-9)13(18)16-11-4-2-1-3-5-11;;/h6-8,11H,1-5H2,(H2,14,17)(H,16,18);2*1H. The number of nitrogens with two attached hydrogens (primary N) is 1.